The summed E-state index contributed by atoms with van der Waals surface area (Å²) in [6.07, 6.45) is 3.47. The van der Waals surface area contributed by atoms with Crippen LogP contribution in [0.3, 0.4) is 0 Å². The van der Waals surface area contributed by atoms with Crippen molar-refractivity contribution in [1.29, 1.82) is 0 Å². The van der Waals surface area contributed by atoms with Crippen LogP contribution in [0, 0.1) is 0 Å². The summed E-state index contributed by atoms with van der Waals surface area (Å²) in [7, 11) is 0. The third-order valence-electron chi connectivity index (χ3n) is 4.44. The lowest BCUT2D eigenvalue weighted by molar-refractivity contribution is -0.116. The average molecular weight is 361 g/mol. The van der Waals surface area contributed by atoms with E-state index >= 15 is 0 Å². The van der Waals surface area contributed by atoms with Gasteiger partial charge in [-0.25, -0.2) is 4.98 Å². The van der Waals surface area contributed by atoms with E-state index in [-0.39, 0.29) is 23.6 Å². The number of aromatic nitrogens is 2. The van der Waals surface area contributed by atoms with E-state index in [9.17, 15) is 9.59 Å². The molecule has 2 aromatic carbocycles. The van der Waals surface area contributed by atoms with Crippen LogP contribution in [0.2, 0.25) is 0 Å². The maximum atomic E-state index is 12.7. The molecule has 0 aliphatic heterocycles. The Morgan fingerprint density at radius 1 is 1.15 bits per heavy atom. The number of rotatable bonds is 5. The van der Waals surface area contributed by atoms with Crippen molar-refractivity contribution >= 4 is 33.7 Å². The first-order valence-electron chi connectivity index (χ1n) is 8.91. The van der Waals surface area contributed by atoms with Gasteiger partial charge in [-0.15, -0.1) is 0 Å². The Balaban J connectivity index is 1.55. The summed E-state index contributed by atoms with van der Waals surface area (Å²) in [5.41, 5.74) is 2.84. The van der Waals surface area contributed by atoms with Crippen molar-refractivity contribution in [3.63, 3.8) is 0 Å². The number of benzene rings is 2. The number of fused-ring (bicyclic) bond motifs is 3. The van der Waals surface area contributed by atoms with Crippen molar-refractivity contribution in [2.24, 2.45) is 0 Å². The van der Waals surface area contributed by atoms with E-state index in [4.69, 9.17) is 4.42 Å². The number of para-hydroxylation sites is 1. The van der Waals surface area contributed by atoms with Crippen LogP contribution in [0.1, 0.15) is 18.9 Å². The Morgan fingerprint density at radius 3 is 2.70 bits per heavy atom. The molecule has 0 aliphatic carbocycles. The first kappa shape index (κ1) is 17.0. The molecule has 0 radical (unpaired) electrons. The Kier molecular flexibility index (Phi) is 4.46. The van der Waals surface area contributed by atoms with Crippen LogP contribution in [-0.4, -0.2) is 15.5 Å². The molecule has 6 heteroatoms. The standard InChI is InChI=1S/C21H19N3O3/c1-2-5-14-8-10-15(11-9-14)23-18(25)12-24-13-22-19-16-6-3-4-7-17(16)27-20(19)21(24)26/h3-4,6-11,13H,2,5,12H2,1H3,(H,23,25). The molecule has 27 heavy (non-hydrogen) atoms. The Hall–Kier alpha value is -3.41. The molecule has 0 aliphatic rings. The maximum absolute atomic E-state index is 12.7. The summed E-state index contributed by atoms with van der Waals surface area (Å²) in [5.74, 6) is -0.294. The zero-order valence-corrected chi connectivity index (χ0v) is 14.9. The van der Waals surface area contributed by atoms with E-state index in [0.717, 1.165) is 18.2 Å². The van der Waals surface area contributed by atoms with E-state index in [1.54, 1.807) is 6.07 Å². The Bertz CT molecular complexity index is 1170. The number of hydrogen-bond acceptors (Lipinski definition) is 4. The molecular weight excluding hydrogens is 342 g/mol. The molecule has 0 bridgehead atoms. The van der Waals surface area contributed by atoms with Gasteiger partial charge in [-0.3, -0.25) is 14.2 Å². The molecule has 1 amide bonds. The monoisotopic (exact) mass is 361 g/mol. The van der Waals surface area contributed by atoms with E-state index in [2.05, 4.69) is 17.2 Å². The van der Waals surface area contributed by atoms with Crippen molar-refractivity contribution in [2.45, 2.75) is 26.3 Å². The van der Waals surface area contributed by atoms with Gasteiger partial charge in [-0.05, 0) is 36.2 Å². The fraction of sp³-hybridized carbons (Fsp3) is 0.190. The van der Waals surface area contributed by atoms with Crippen molar-refractivity contribution in [3.8, 4) is 0 Å². The second-order valence-corrected chi connectivity index (χ2v) is 6.45. The zero-order valence-electron chi connectivity index (χ0n) is 14.9. The second-order valence-electron chi connectivity index (χ2n) is 6.45. The Labute approximate surface area is 155 Å². The minimum Gasteiger partial charge on any atom is -0.448 e. The number of carbonyl (C=O) groups is 1. The Morgan fingerprint density at radius 2 is 1.93 bits per heavy atom. The van der Waals surface area contributed by atoms with Gasteiger partial charge in [-0.2, -0.15) is 0 Å². The topological polar surface area (TPSA) is 77.1 Å². The van der Waals surface area contributed by atoms with Gasteiger partial charge in [-0.1, -0.05) is 37.6 Å². The van der Waals surface area contributed by atoms with Gasteiger partial charge in [0.15, 0.2) is 0 Å². The highest BCUT2D eigenvalue weighted by Crippen LogP contribution is 2.24. The molecule has 1 N–H and O–H groups in total. The van der Waals surface area contributed by atoms with Gasteiger partial charge in [0.25, 0.3) is 5.56 Å². The number of nitrogens with zero attached hydrogens (tertiary/aromatic N) is 2. The van der Waals surface area contributed by atoms with Crippen LogP contribution in [0.4, 0.5) is 5.69 Å². The van der Waals surface area contributed by atoms with Crippen LogP contribution >= 0.6 is 0 Å². The molecule has 6 nitrogen and oxygen atoms in total. The molecule has 4 rings (SSSR count). The molecule has 0 saturated carbocycles. The van der Waals surface area contributed by atoms with Crippen molar-refractivity contribution in [1.82, 2.24) is 9.55 Å². The predicted octanol–water partition coefficient (Wildman–Crippen LogP) is 3.73. The number of anilines is 1. The molecule has 0 atom stereocenters. The summed E-state index contributed by atoms with van der Waals surface area (Å²) in [5, 5.41) is 3.59. The minimum absolute atomic E-state index is 0.129. The summed E-state index contributed by atoms with van der Waals surface area (Å²) in [4.78, 5) is 29.3. The van der Waals surface area contributed by atoms with Crippen LogP contribution in [0.15, 0.2) is 64.1 Å². The first-order valence-corrected chi connectivity index (χ1v) is 8.91. The molecule has 0 saturated heterocycles. The van der Waals surface area contributed by atoms with Crippen LogP contribution in [0.25, 0.3) is 22.1 Å². The minimum atomic E-state index is -0.371. The number of amides is 1. The number of carbonyl (C=O) groups excluding carboxylic acids is 1. The number of hydrogen-bond donors (Lipinski definition) is 1. The number of nitrogens with one attached hydrogen (secondary N) is 1. The van der Waals surface area contributed by atoms with Crippen LogP contribution in [0.5, 0.6) is 0 Å². The zero-order chi connectivity index (χ0) is 18.8. The van der Waals surface area contributed by atoms with Crippen molar-refractivity contribution in [3.05, 3.63) is 70.8 Å². The number of furan rings is 1. The molecule has 136 valence electrons. The second kappa shape index (κ2) is 7.07. The van der Waals surface area contributed by atoms with Gasteiger partial charge >= 0.3 is 0 Å². The van der Waals surface area contributed by atoms with Crippen LogP contribution < -0.4 is 10.9 Å². The highest BCUT2D eigenvalue weighted by atomic mass is 16.3. The van der Waals surface area contributed by atoms with Crippen LogP contribution in [-0.2, 0) is 17.8 Å². The average Bonchev–Trinajstić information content (AvgIpc) is 3.05. The molecular formula is C21H19N3O3. The third-order valence-corrected chi connectivity index (χ3v) is 4.44. The van der Waals surface area contributed by atoms with Gasteiger partial charge in [0.2, 0.25) is 11.5 Å². The summed E-state index contributed by atoms with van der Waals surface area (Å²) >= 11 is 0. The van der Waals surface area contributed by atoms with E-state index in [1.807, 2.05) is 42.5 Å². The molecule has 2 aromatic heterocycles. The fourth-order valence-corrected chi connectivity index (χ4v) is 3.13. The third kappa shape index (κ3) is 3.33. The highest BCUT2D eigenvalue weighted by molar-refractivity contribution is 6.01. The van der Waals surface area contributed by atoms with Crippen molar-refractivity contribution < 1.29 is 9.21 Å². The highest BCUT2D eigenvalue weighted by Gasteiger charge is 2.14. The first-order chi connectivity index (χ1) is 13.2. The van der Waals surface area contributed by atoms with Gasteiger partial charge < -0.3 is 9.73 Å². The summed E-state index contributed by atoms with van der Waals surface area (Å²) in [6, 6.07) is 15.1. The largest absolute Gasteiger partial charge is 0.448 e. The quantitative estimate of drug-likeness (QED) is 0.587. The normalized spacial score (nSPS) is 11.1. The number of aryl methyl sites for hydroxylation is 1. The molecule has 2 heterocycles. The van der Waals surface area contributed by atoms with Gasteiger partial charge in [0.1, 0.15) is 17.6 Å². The van der Waals surface area contributed by atoms with Crippen molar-refractivity contribution in [2.75, 3.05) is 5.32 Å². The van der Waals surface area contributed by atoms with Gasteiger partial charge in [0.05, 0.1) is 6.33 Å². The molecule has 0 fully saturated rings. The smallest absolute Gasteiger partial charge is 0.297 e. The van der Waals surface area contributed by atoms with E-state index < -0.39 is 0 Å². The SMILES string of the molecule is CCCc1ccc(NC(=O)Cn2cnc3c(oc4ccccc43)c2=O)cc1. The summed E-state index contributed by atoms with van der Waals surface area (Å²) < 4.78 is 6.89. The lowest BCUT2D eigenvalue weighted by Crippen LogP contribution is -2.27. The molecule has 0 spiro atoms. The summed E-state index contributed by atoms with van der Waals surface area (Å²) in [6.45, 7) is 2.00. The molecule has 0 unspecified atom stereocenters. The lowest BCUT2D eigenvalue weighted by atomic mass is 10.1. The predicted molar refractivity (Wildman–Crippen MR) is 105 cm³/mol. The maximum Gasteiger partial charge on any atom is 0.297 e. The lowest BCUT2D eigenvalue weighted by Gasteiger charge is -2.08. The fourth-order valence-electron chi connectivity index (χ4n) is 3.13. The van der Waals surface area contributed by atoms with E-state index in [1.165, 1.54) is 16.5 Å². The molecule has 4 aromatic rings. The van der Waals surface area contributed by atoms with E-state index in [0.29, 0.717) is 16.8 Å². The van der Waals surface area contributed by atoms with Gasteiger partial charge in [0, 0.05) is 11.1 Å².